The molecule has 0 saturated heterocycles. The van der Waals surface area contributed by atoms with E-state index in [0.717, 1.165) is 10.9 Å². The zero-order valence-corrected chi connectivity index (χ0v) is 12.7. The molecule has 0 saturated carbocycles. The van der Waals surface area contributed by atoms with Gasteiger partial charge in [0, 0.05) is 22.6 Å². The lowest BCUT2D eigenvalue weighted by Gasteiger charge is -2.27. The Morgan fingerprint density at radius 2 is 2.12 bits per heavy atom. The lowest BCUT2D eigenvalue weighted by Crippen LogP contribution is -2.38. The Morgan fingerprint density at radius 1 is 1.47 bits per heavy atom. The molecular weight excluding hydrogens is 302 g/mol. The summed E-state index contributed by atoms with van der Waals surface area (Å²) in [6.07, 6.45) is 0.948. The maximum atomic E-state index is 12.3. The molecule has 17 heavy (non-hydrogen) atoms. The highest BCUT2D eigenvalue weighted by Crippen LogP contribution is 2.24. The highest BCUT2D eigenvalue weighted by molar-refractivity contribution is 9.10. The van der Waals surface area contributed by atoms with E-state index in [9.17, 15) is 4.79 Å². The average Bonchev–Trinajstić information content (AvgIpc) is 2.33. The molecule has 1 aromatic carbocycles. The molecule has 1 unspecified atom stereocenters. The van der Waals surface area contributed by atoms with Crippen molar-refractivity contribution >= 4 is 33.4 Å². The number of carbonyl (C=O) groups excluding carboxylic acids is 1. The highest BCUT2D eigenvalue weighted by atomic mass is 79.9. The van der Waals surface area contributed by atoms with E-state index in [0.29, 0.717) is 17.1 Å². The van der Waals surface area contributed by atoms with E-state index in [-0.39, 0.29) is 11.9 Å². The molecule has 0 bridgehead atoms. The molecule has 0 aliphatic heterocycles. The number of amides is 1. The van der Waals surface area contributed by atoms with Crippen molar-refractivity contribution in [2.45, 2.75) is 33.2 Å². The summed E-state index contributed by atoms with van der Waals surface area (Å²) in [6.45, 7) is 6.84. The van der Waals surface area contributed by atoms with E-state index in [2.05, 4.69) is 29.8 Å². The molecule has 1 rings (SSSR count). The molecular formula is C13H17BrClNO. The van der Waals surface area contributed by atoms with Crippen LogP contribution in [0.2, 0.25) is 5.02 Å². The van der Waals surface area contributed by atoms with E-state index in [1.807, 2.05) is 11.8 Å². The number of benzene rings is 1. The molecule has 0 aromatic heterocycles. The molecule has 1 aromatic rings. The third-order valence-electron chi connectivity index (χ3n) is 2.89. The molecule has 0 aliphatic carbocycles. The minimum atomic E-state index is 0.0382. The van der Waals surface area contributed by atoms with Gasteiger partial charge in [-0.05, 0) is 54.4 Å². The van der Waals surface area contributed by atoms with Gasteiger partial charge in [-0.3, -0.25) is 4.79 Å². The van der Waals surface area contributed by atoms with Crippen molar-refractivity contribution in [3.8, 4) is 0 Å². The second-order valence-corrected chi connectivity index (χ2v) is 5.24. The number of halogens is 2. The average molecular weight is 319 g/mol. The molecule has 0 fully saturated rings. The fourth-order valence-corrected chi connectivity index (χ4v) is 2.10. The molecule has 1 amide bonds. The number of rotatable bonds is 4. The van der Waals surface area contributed by atoms with E-state index < -0.39 is 0 Å². The first-order valence-corrected chi connectivity index (χ1v) is 6.94. The van der Waals surface area contributed by atoms with Crippen LogP contribution < -0.4 is 0 Å². The van der Waals surface area contributed by atoms with Gasteiger partial charge < -0.3 is 4.90 Å². The summed E-state index contributed by atoms with van der Waals surface area (Å²) in [5, 5.41) is 0.566. The first-order valence-electron chi connectivity index (χ1n) is 5.77. The molecule has 0 heterocycles. The minimum Gasteiger partial charge on any atom is -0.336 e. The molecule has 0 N–H and O–H groups in total. The summed E-state index contributed by atoms with van der Waals surface area (Å²) in [6, 6.07) is 5.55. The van der Waals surface area contributed by atoms with Gasteiger partial charge in [0.25, 0.3) is 5.91 Å². The molecule has 94 valence electrons. The second-order valence-electron chi connectivity index (χ2n) is 3.98. The summed E-state index contributed by atoms with van der Waals surface area (Å²) < 4.78 is 0.808. The van der Waals surface area contributed by atoms with Crippen LogP contribution in [0.3, 0.4) is 0 Å². The quantitative estimate of drug-likeness (QED) is 0.807. The lowest BCUT2D eigenvalue weighted by atomic mass is 10.1. The molecule has 0 radical (unpaired) electrons. The minimum absolute atomic E-state index is 0.0382. The van der Waals surface area contributed by atoms with Crippen molar-refractivity contribution in [1.29, 1.82) is 0 Å². The van der Waals surface area contributed by atoms with Crippen LogP contribution in [0.4, 0.5) is 0 Å². The van der Waals surface area contributed by atoms with Gasteiger partial charge >= 0.3 is 0 Å². The van der Waals surface area contributed by atoms with Crippen LogP contribution in [-0.4, -0.2) is 23.4 Å². The first-order chi connectivity index (χ1) is 8.01. The van der Waals surface area contributed by atoms with Gasteiger partial charge in [0.2, 0.25) is 0 Å². The molecule has 1 atom stereocenters. The summed E-state index contributed by atoms with van der Waals surface area (Å²) in [5.41, 5.74) is 0.639. The highest BCUT2D eigenvalue weighted by Gasteiger charge is 2.19. The second kappa shape index (κ2) is 6.41. The van der Waals surface area contributed by atoms with Crippen molar-refractivity contribution < 1.29 is 4.79 Å². The zero-order valence-electron chi connectivity index (χ0n) is 10.3. The number of nitrogens with zero attached hydrogens (tertiary/aromatic N) is 1. The third kappa shape index (κ3) is 3.46. The summed E-state index contributed by atoms with van der Waals surface area (Å²) >= 11 is 9.32. The largest absolute Gasteiger partial charge is 0.336 e. The van der Waals surface area contributed by atoms with Crippen LogP contribution in [0, 0.1) is 0 Å². The van der Waals surface area contributed by atoms with Gasteiger partial charge in [0.15, 0.2) is 0 Å². The topological polar surface area (TPSA) is 20.3 Å². The van der Waals surface area contributed by atoms with Crippen molar-refractivity contribution in [3.63, 3.8) is 0 Å². The van der Waals surface area contributed by atoms with Gasteiger partial charge in [-0.25, -0.2) is 0 Å². The first kappa shape index (κ1) is 14.5. The Bertz CT molecular complexity index is 408. The Balaban J connectivity index is 2.98. The van der Waals surface area contributed by atoms with Crippen molar-refractivity contribution in [1.82, 2.24) is 4.90 Å². The van der Waals surface area contributed by atoms with Crippen LogP contribution in [0.1, 0.15) is 37.6 Å². The fourth-order valence-electron chi connectivity index (χ4n) is 1.67. The van der Waals surface area contributed by atoms with Crippen LogP contribution >= 0.6 is 27.5 Å². The predicted octanol–water partition coefficient (Wildman–Crippen LogP) is 4.36. The number of hydrogen-bond acceptors (Lipinski definition) is 1. The number of hydrogen-bond donors (Lipinski definition) is 0. The standard InChI is InChI=1S/C13H17BrClNO/c1-4-9(3)16(5-2)13(17)10-6-7-11(14)12(15)8-10/h6-9H,4-5H2,1-3H3. The third-order valence-corrected chi connectivity index (χ3v) is 4.12. The number of carbonyl (C=O) groups is 1. The SMILES string of the molecule is CCC(C)N(CC)C(=O)c1ccc(Br)c(Cl)c1. The molecule has 0 spiro atoms. The maximum absolute atomic E-state index is 12.3. The fraction of sp³-hybridized carbons (Fsp3) is 0.462. The monoisotopic (exact) mass is 317 g/mol. The Labute approximate surface area is 116 Å². The van der Waals surface area contributed by atoms with Gasteiger partial charge in [0.1, 0.15) is 0 Å². The predicted molar refractivity (Wildman–Crippen MR) is 75.6 cm³/mol. The molecule has 2 nitrogen and oxygen atoms in total. The molecule has 4 heteroatoms. The summed E-state index contributed by atoms with van der Waals surface area (Å²) in [7, 11) is 0. The summed E-state index contributed by atoms with van der Waals surface area (Å²) in [4.78, 5) is 14.2. The Kier molecular flexibility index (Phi) is 5.47. The van der Waals surface area contributed by atoms with Crippen LogP contribution in [-0.2, 0) is 0 Å². The smallest absolute Gasteiger partial charge is 0.254 e. The lowest BCUT2D eigenvalue weighted by molar-refractivity contribution is 0.0700. The maximum Gasteiger partial charge on any atom is 0.254 e. The molecule has 0 aliphatic rings. The normalized spacial score (nSPS) is 12.3. The van der Waals surface area contributed by atoms with Crippen molar-refractivity contribution in [2.75, 3.05) is 6.54 Å². The van der Waals surface area contributed by atoms with E-state index in [1.165, 1.54) is 0 Å². The van der Waals surface area contributed by atoms with Crippen molar-refractivity contribution in [3.05, 3.63) is 33.3 Å². The zero-order chi connectivity index (χ0) is 13.0. The van der Waals surface area contributed by atoms with Gasteiger partial charge in [0.05, 0.1) is 5.02 Å². The van der Waals surface area contributed by atoms with Crippen LogP contribution in [0.5, 0.6) is 0 Å². The van der Waals surface area contributed by atoms with E-state index in [1.54, 1.807) is 18.2 Å². The Morgan fingerprint density at radius 3 is 2.59 bits per heavy atom. The van der Waals surface area contributed by atoms with Gasteiger partial charge in [-0.2, -0.15) is 0 Å². The van der Waals surface area contributed by atoms with Crippen LogP contribution in [0.15, 0.2) is 22.7 Å². The van der Waals surface area contributed by atoms with E-state index in [4.69, 9.17) is 11.6 Å². The van der Waals surface area contributed by atoms with Crippen LogP contribution in [0.25, 0.3) is 0 Å². The van der Waals surface area contributed by atoms with E-state index >= 15 is 0 Å². The Hall–Kier alpha value is -0.540. The van der Waals surface area contributed by atoms with Crippen molar-refractivity contribution in [2.24, 2.45) is 0 Å². The van der Waals surface area contributed by atoms with Gasteiger partial charge in [-0.1, -0.05) is 18.5 Å². The van der Waals surface area contributed by atoms with Gasteiger partial charge in [-0.15, -0.1) is 0 Å². The summed E-state index contributed by atoms with van der Waals surface area (Å²) in [5.74, 6) is 0.0382.